The molecule has 0 bridgehead atoms. The molecule has 2 aromatic carbocycles. The lowest BCUT2D eigenvalue weighted by molar-refractivity contribution is -0.122. The first-order valence-electron chi connectivity index (χ1n) is 9.62. The van der Waals surface area contributed by atoms with Crippen molar-refractivity contribution >= 4 is 27.5 Å². The third kappa shape index (κ3) is 3.29. The van der Waals surface area contributed by atoms with Crippen molar-refractivity contribution < 1.29 is 9.53 Å². The number of rotatable bonds is 7. The van der Waals surface area contributed by atoms with E-state index in [0.29, 0.717) is 6.61 Å². The zero-order valence-electron chi connectivity index (χ0n) is 16.6. The van der Waals surface area contributed by atoms with Crippen LogP contribution in [0.1, 0.15) is 43.4 Å². The maximum atomic E-state index is 13.6. The van der Waals surface area contributed by atoms with Gasteiger partial charge in [-0.25, -0.2) is 0 Å². The van der Waals surface area contributed by atoms with Crippen LogP contribution in [0.3, 0.4) is 0 Å². The van der Waals surface area contributed by atoms with E-state index in [4.69, 9.17) is 4.74 Å². The summed E-state index contributed by atoms with van der Waals surface area (Å²) in [6, 6.07) is 14.3. The van der Waals surface area contributed by atoms with Crippen LogP contribution in [0.25, 0.3) is 0 Å². The van der Waals surface area contributed by atoms with Gasteiger partial charge in [-0.05, 0) is 43.4 Å². The molecule has 0 saturated carbocycles. The van der Waals surface area contributed by atoms with Gasteiger partial charge in [0, 0.05) is 23.6 Å². The highest BCUT2D eigenvalue weighted by Gasteiger charge is 2.54. The number of fused-ring (bicyclic) bond motifs is 1. The number of alkyl halides is 1. The second-order valence-corrected chi connectivity index (χ2v) is 8.38. The van der Waals surface area contributed by atoms with Crippen LogP contribution in [0, 0.1) is 12.8 Å². The summed E-state index contributed by atoms with van der Waals surface area (Å²) in [7, 11) is 1.88. The van der Waals surface area contributed by atoms with Crippen molar-refractivity contribution in [2.24, 2.45) is 5.92 Å². The molecule has 0 spiro atoms. The van der Waals surface area contributed by atoms with Crippen molar-refractivity contribution in [3.05, 3.63) is 59.2 Å². The molecular formula is C23H28BrNO2. The predicted molar refractivity (Wildman–Crippen MR) is 115 cm³/mol. The number of aryl methyl sites for hydroxylation is 1. The first-order chi connectivity index (χ1) is 12.9. The molecule has 0 aromatic heterocycles. The van der Waals surface area contributed by atoms with Crippen molar-refractivity contribution in [1.82, 2.24) is 0 Å². The Bertz CT molecular complexity index is 833. The molecule has 1 heterocycles. The van der Waals surface area contributed by atoms with Crippen LogP contribution in [0.4, 0.5) is 5.69 Å². The Hall–Kier alpha value is -1.81. The van der Waals surface area contributed by atoms with Crippen molar-refractivity contribution in [2.45, 2.75) is 39.0 Å². The molecule has 144 valence electrons. The van der Waals surface area contributed by atoms with E-state index in [-0.39, 0.29) is 11.8 Å². The van der Waals surface area contributed by atoms with E-state index in [0.717, 1.165) is 46.3 Å². The molecule has 3 nitrogen and oxygen atoms in total. The molecule has 0 radical (unpaired) electrons. The van der Waals surface area contributed by atoms with Crippen LogP contribution in [0.2, 0.25) is 0 Å². The van der Waals surface area contributed by atoms with E-state index in [2.05, 4.69) is 61.0 Å². The number of anilines is 1. The van der Waals surface area contributed by atoms with Crippen molar-refractivity contribution in [3.63, 3.8) is 0 Å². The van der Waals surface area contributed by atoms with Gasteiger partial charge in [0.25, 0.3) is 0 Å². The smallest absolute Gasteiger partial charge is 0.242 e. The lowest BCUT2D eigenvalue weighted by Gasteiger charge is -2.34. The lowest BCUT2D eigenvalue weighted by Crippen LogP contribution is -2.44. The molecule has 0 aliphatic carbocycles. The molecule has 1 aliphatic heterocycles. The summed E-state index contributed by atoms with van der Waals surface area (Å²) in [6.45, 7) is 6.99. The Morgan fingerprint density at radius 2 is 1.85 bits per heavy atom. The number of carbonyl (C=O) groups is 1. The molecule has 0 fully saturated rings. The third-order valence-electron chi connectivity index (χ3n) is 5.54. The summed E-state index contributed by atoms with van der Waals surface area (Å²) in [6.07, 6.45) is 2.05. The van der Waals surface area contributed by atoms with Gasteiger partial charge < -0.3 is 9.64 Å². The largest absolute Gasteiger partial charge is 0.493 e. The standard InChI is InChI=1S/C23H28BrNO2/c1-16(2)23(18-9-5-6-10-21(18)27-14-8-7-13-24)19-15-17(3)11-12-20(19)25(4)22(23)26/h5-6,9-12,15-16H,7-8,13-14H2,1-4H3. The van der Waals surface area contributed by atoms with E-state index in [9.17, 15) is 4.79 Å². The molecule has 3 rings (SSSR count). The Morgan fingerprint density at radius 1 is 1.11 bits per heavy atom. The van der Waals surface area contributed by atoms with E-state index < -0.39 is 5.41 Å². The highest BCUT2D eigenvalue weighted by atomic mass is 79.9. The fraction of sp³-hybridized carbons (Fsp3) is 0.435. The van der Waals surface area contributed by atoms with Crippen LogP contribution in [0.15, 0.2) is 42.5 Å². The number of amides is 1. The monoisotopic (exact) mass is 429 g/mol. The van der Waals surface area contributed by atoms with Crippen LogP contribution < -0.4 is 9.64 Å². The van der Waals surface area contributed by atoms with Gasteiger partial charge in [-0.2, -0.15) is 0 Å². The fourth-order valence-electron chi connectivity index (χ4n) is 4.17. The van der Waals surface area contributed by atoms with E-state index in [1.54, 1.807) is 4.90 Å². The zero-order valence-corrected chi connectivity index (χ0v) is 18.2. The number of nitrogens with zero attached hydrogens (tertiary/aromatic N) is 1. The second kappa shape index (κ2) is 8.05. The van der Waals surface area contributed by atoms with Crippen LogP contribution in [-0.2, 0) is 10.2 Å². The number of carbonyl (C=O) groups excluding carboxylic acids is 1. The van der Waals surface area contributed by atoms with Gasteiger partial charge in [-0.15, -0.1) is 0 Å². The SMILES string of the molecule is Cc1ccc2c(c1)C(c1ccccc1OCCCCBr)(C(C)C)C(=O)N2C. The van der Waals surface area contributed by atoms with Gasteiger partial charge in [0.2, 0.25) is 5.91 Å². The minimum atomic E-state index is -0.720. The van der Waals surface area contributed by atoms with Crippen molar-refractivity contribution in [3.8, 4) is 5.75 Å². The number of ether oxygens (including phenoxy) is 1. The van der Waals surface area contributed by atoms with Gasteiger partial charge in [0.15, 0.2) is 0 Å². The molecule has 2 aromatic rings. The number of hydrogen-bond donors (Lipinski definition) is 0. The lowest BCUT2D eigenvalue weighted by atomic mass is 9.67. The molecule has 1 atom stereocenters. The molecule has 1 unspecified atom stereocenters. The number of unbranched alkanes of at least 4 members (excludes halogenated alkanes) is 1. The van der Waals surface area contributed by atoms with Crippen LogP contribution >= 0.6 is 15.9 Å². The zero-order chi connectivity index (χ0) is 19.6. The van der Waals surface area contributed by atoms with Gasteiger partial charge in [0.05, 0.1) is 6.61 Å². The summed E-state index contributed by atoms with van der Waals surface area (Å²) in [5.74, 6) is 1.04. The van der Waals surface area contributed by atoms with Gasteiger partial charge >= 0.3 is 0 Å². The Kier molecular flexibility index (Phi) is 5.95. The van der Waals surface area contributed by atoms with Crippen molar-refractivity contribution in [2.75, 3.05) is 23.9 Å². The molecule has 4 heteroatoms. The molecule has 1 amide bonds. The maximum absolute atomic E-state index is 13.6. The Balaban J connectivity index is 2.15. The van der Waals surface area contributed by atoms with Gasteiger partial charge in [-0.3, -0.25) is 4.79 Å². The van der Waals surface area contributed by atoms with Gasteiger partial charge in [0.1, 0.15) is 11.2 Å². The molecular weight excluding hydrogens is 402 g/mol. The minimum absolute atomic E-state index is 0.0998. The first-order valence-corrected chi connectivity index (χ1v) is 10.7. The van der Waals surface area contributed by atoms with Gasteiger partial charge in [-0.1, -0.05) is 65.7 Å². The summed E-state index contributed by atoms with van der Waals surface area (Å²) < 4.78 is 6.16. The number of para-hydroxylation sites is 1. The predicted octanol–water partition coefficient (Wildman–Crippen LogP) is 5.47. The average Bonchev–Trinajstić information content (AvgIpc) is 2.87. The van der Waals surface area contributed by atoms with Crippen molar-refractivity contribution in [1.29, 1.82) is 0 Å². The first kappa shape index (κ1) is 19.9. The number of hydrogen-bond acceptors (Lipinski definition) is 2. The maximum Gasteiger partial charge on any atom is 0.242 e. The minimum Gasteiger partial charge on any atom is -0.493 e. The molecule has 27 heavy (non-hydrogen) atoms. The number of likely N-dealkylation sites (N-methyl/N-ethyl adjacent to an activating group) is 1. The highest BCUT2D eigenvalue weighted by molar-refractivity contribution is 9.09. The molecule has 0 saturated heterocycles. The molecule has 0 N–H and O–H groups in total. The average molecular weight is 430 g/mol. The van der Waals surface area contributed by atoms with E-state index in [1.165, 1.54) is 0 Å². The van der Waals surface area contributed by atoms with Crippen LogP contribution in [-0.4, -0.2) is 24.9 Å². The van der Waals surface area contributed by atoms with Crippen LogP contribution in [0.5, 0.6) is 5.75 Å². The molecule has 1 aliphatic rings. The summed E-state index contributed by atoms with van der Waals surface area (Å²) in [5.41, 5.74) is 3.50. The summed E-state index contributed by atoms with van der Waals surface area (Å²) in [4.78, 5) is 15.4. The number of halogens is 1. The second-order valence-electron chi connectivity index (χ2n) is 7.59. The third-order valence-corrected chi connectivity index (χ3v) is 6.10. The number of benzene rings is 2. The summed E-state index contributed by atoms with van der Waals surface area (Å²) in [5, 5.41) is 0.976. The highest BCUT2D eigenvalue weighted by Crippen LogP contribution is 2.52. The fourth-order valence-corrected chi connectivity index (χ4v) is 4.57. The summed E-state index contributed by atoms with van der Waals surface area (Å²) >= 11 is 3.47. The normalized spacial score (nSPS) is 18.9. The quantitative estimate of drug-likeness (QED) is 0.431. The Labute approximate surface area is 170 Å². The topological polar surface area (TPSA) is 29.5 Å². The Morgan fingerprint density at radius 3 is 2.56 bits per heavy atom. The van der Waals surface area contributed by atoms with E-state index >= 15 is 0 Å². The van der Waals surface area contributed by atoms with E-state index in [1.807, 2.05) is 25.2 Å².